The second kappa shape index (κ2) is 8.51. The first-order valence-electron chi connectivity index (χ1n) is 9.77. The molecule has 0 fully saturated rings. The Morgan fingerprint density at radius 2 is 1.67 bits per heavy atom. The molecule has 2 aromatic carbocycles. The number of para-hydroxylation sites is 3. The average Bonchev–Trinajstić information content (AvgIpc) is 3.42. The Morgan fingerprint density at radius 3 is 2.53 bits per heavy atom. The molecule has 0 aliphatic rings. The monoisotopic (exact) mass is 413 g/mol. The summed E-state index contributed by atoms with van der Waals surface area (Å²) in [7, 11) is 0. The van der Waals surface area contributed by atoms with Gasteiger partial charge in [-0.1, -0.05) is 47.3 Å². The summed E-state index contributed by atoms with van der Waals surface area (Å²) >= 11 is 1.74. The molecule has 5 aromatic rings. The van der Waals surface area contributed by atoms with Gasteiger partial charge in [0.1, 0.15) is 0 Å². The molecule has 0 unspecified atom stereocenters. The highest BCUT2D eigenvalue weighted by Gasteiger charge is 2.13. The summed E-state index contributed by atoms with van der Waals surface area (Å²) in [5.41, 5.74) is 4.14. The number of imidazole rings is 1. The number of hydrogen-bond donors (Lipinski definition) is 0. The molecular weight excluding hydrogens is 394 g/mol. The van der Waals surface area contributed by atoms with Gasteiger partial charge in [0.25, 0.3) is 0 Å². The van der Waals surface area contributed by atoms with Crippen LogP contribution in [0.25, 0.3) is 28.1 Å². The molecule has 0 aliphatic heterocycles. The maximum absolute atomic E-state index is 5.40. The minimum Gasteiger partial charge on any atom is -0.339 e. The van der Waals surface area contributed by atoms with Gasteiger partial charge in [0.05, 0.1) is 11.0 Å². The average molecular weight is 414 g/mol. The first-order chi connectivity index (χ1) is 14.9. The van der Waals surface area contributed by atoms with Gasteiger partial charge in [-0.2, -0.15) is 4.98 Å². The Hall–Kier alpha value is -3.45. The fourth-order valence-electron chi connectivity index (χ4n) is 3.29. The molecule has 7 heteroatoms. The van der Waals surface area contributed by atoms with E-state index in [1.807, 2.05) is 30.3 Å². The SMILES string of the molecule is c1ccc(-n2c(SCCCc3nc(-c4ccncc4)no3)nc3ccccc32)cc1. The van der Waals surface area contributed by atoms with Gasteiger partial charge >= 0.3 is 0 Å². The maximum atomic E-state index is 5.40. The molecule has 0 atom stereocenters. The zero-order chi connectivity index (χ0) is 20.2. The Bertz CT molecular complexity index is 1250. The van der Waals surface area contributed by atoms with Crippen molar-refractivity contribution in [2.24, 2.45) is 0 Å². The summed E-state index contributed by atoms with van der Waals surface area (Å²) in [5.74, 6) is 2.16. The van der Waals surface area contributed by atoms with Gasteiger partial charge in [0.15, 0.2) is 5.16 Å². The quantitative estimate of drug-likeness (QED) is 0.270. The number of aromatic nitrogens is 5. The standard InChI is InChI=1S/C23H19N5OS/c1-2-7-18(8-3-1)28-20-10-5-4-9-19(20)25-23(28)30-16-6-11-21-26-22(27-29-21)17-12-14-24-15-13-17/h1-5,7-10,12-15H,6,11,16H2. The van der Waals surface area contributed by atoms with Crippen molar-refractivity contribution in [1.82, 2.24) is 24.7 Å². The molecule has 3 heterocycles. The topological polar surface area (TPSA) is 69.6 Å². The van der Waals surface area contributed by atoms with Crippen molar-refractivity contribution in [2.75, 3.05) is 5.75 Å². The third kappa shape index (κ3) is 3.84. The van der Waals surface area contributed by atoms with Gasteiger partial charge in [0.2, 0.25) is 11.7 Å². The zero-order valence-electron chi connectivity index (χ0n) is 16.2. The van der Waals surface area contributed by atoms with Crippen molar-refractivity contribution in [2.45, 2.75) is 18.0 Å². The van der Waals surface area contributed by atoms with E-state index in [0.717, 1.165) is 46.0 Å². The van der Waals surface area contributed by atoms with Crippen LogP contribution >= 0.6 is 11.8 Å². The second-order valence-electron chi connectivity index (χ2n) is 6.75. The lowest BCUT2D eigenvalue weighted by molar-refractivity contribution is 0.378. The van der Waals surface area contributed by atoms with E-state index in [1.165, 1.54) is 0 Å². The van der Waals surface area contributed by atoms with Crippen molar-refractivity contribution >= 4 is 22.8 Å². The lowest BCUT2D eigenvalue weighted by atomic mass is 10.2. The molecule has 0 aliphatic carbocycles. The molecule has 0 spiro atoms. The van der Waals surface area contributed by atoms with Crippen molar-refractivity contribution in [3.63, 3.8) is 0 Å². The molecule has 148 valence electrons. The van der Waals surface area contributed by atoms with Gasteiger partial charge in [-0.05, 0) is 42.8 Å². The molecule has 30 heavy (non-hydrogen) atoms. The molecule has 0 bridgehead atoms. The Kier molecular flexibility index (Phi) is 5.26. The van der Waals surface area contributed by atoms with Crippen LogP contribution in [0.5, 0.6) is 0 Å². The third-order valence-corrected chi connectivity index (χ3v) is 5.74. The Balaban J connectivity index is 1.28. The van der Waals surface area contributed by atoms with E-state index < -0.39 is 0 Å². The minimum absolute atomic E-state index is 0.603. The van der Waals surface area contributed by atoms with Crippen molar-refractivity contribution in [3.8, 4) is 17.1 Å². The lowest BCUT2D eigenvalue weighted by Gasteiger charge is -2.08. The summed E-state index contributed by atoms with van der Waals surface area (Å²) in [6, 6.07) is 22.3. The van der Waals surface area contributed by atoms with Crippen molar-refractivity contribution < 1.29 is 4.52 Å². The van der Waals surface area contributed by atoms with Crippen LogP contribution in [0.4, 0.5) is 0 Å². The van der Waals surface area contributed by atoms with E-state index in [2.05, 4.69) is 56.1 Å². The second-order valence-corrected chi connectivity index (χ2v) is 7.82. The minimum atomic E-state index is 0.603. The fourth-order valence-corrected chi connectivity index (χ4v) is 4.26. The third-order valence-electron chi connectivity index (χ3n) is 4.72. The normalized spacial score (nSPS) is 11.2. The maximum Gasteiger partial charge on any atom is 0.226 e. The molecule has 0 N–H and O–H groups in total. The first-order valence-corrected chi connectivity index (χ1v) is 10.8. The zero-order valence-corrected chi connectivity index (χ0v) is 17.0. The van der Waals surface area contributed by atoms with Crippen LogP contribution in [0.2, 0.25) is 0 Å². The number of rotatable bonds is 7. The smallest absolute Gasteiger partial charge is 0.226 e. The van der Waals surface area contributed by atoms with Crippen LogP contribution in [0.1, 0.15) is 12.3 Å². The molecule has 0 radical (unpaired) electrons. The van der Waals surface area contributed by atoms with Gasteiger partial charge in [-0.25, -0.2) is 4.98 Å². The molecule has 0 amide bonds. The van der Waals surface area contributed by atoms with Crippen LogP contribution in [0.15, 0.2) is 88.8 Å². The number of benzene rings is 2. The van der Waals surface area contributed by atoms with E-state index in [-0.39, 0.29) is 0 Å². The summed E-state index contributed by atoms with van der Waals surface area (Å²) < 4.78 is 7.62. The molecular formula is C23H19N5OS. The van der Waals surface area contributed by atoms with Crippen molar-refractivity contribution in [1.29, 1.82) is 0 Å². The predicted molar refractivity (Wildman–Crippen MR) is 118 cm³/mol. The number of pyridine rings is 1. The molecule has 0 saturated carbocycles. The van der Waals surface area contributed by atoms with E-state index in [0.29, 0.717) is 11.7 Å². The number of hydrogen-bond acceptors (Lipinski definition) is 6. The van der Waals surface area contributed by atoms with Crippen LogP contribution in [0, 0.1) is 0 Å². The Labute approximate surface area is 178 Å². The van der Waals surface area contributed by atoms with Gasteiger partial charge in [-0.15, -0.1) is 0 Å². The van der Waals surface area contributed by atoms with E-state index in [9.17, 15) is 0 Å². The first kappa shape index (κ1) is 18.6. The number of fused-ring (bicyclic) bond motifs is 1. The number of nitrogens with zero attached hydrogens (tertiary/aromatic N) is 5. The molecule has 0 saturated heterocycles. The highest BCUT2D eigenvalue weighted by Crippen LogP contribution is 2.28. The number of thioether (sulfide) groups is 1. The van der Waals surface area contributed by atoms with Crippen LogP contribution in [-0.4, -0.2) is 30.4 Å². The van der Waals surface area contributed by atoms with Crippen LogP contribution < -0.4 is 0 Å². The summed E-state index contributed by atoms with van der Waals surface area (Å²) in [6.07, 6.45) is 5.10. The van der Waals surface area contributed by atoms with E-state index in [4.69, 9.17) is 9.51 Å². The summed E-state index contributed by atoms with van der Waals surface area (Å²) in [5, 5.41) is 5.06. The van der Waals surface area contributed by atoms with Gasteiger partial charge < -0.3 is 4.52 Å². The highest BCUT2D eigenvalue weighted by atomic mass is 32.2. The van der Waals surface area contributed by atoms with Gasteiger partial charge in [0, 0.05) is 35.8 Å². The molecule has 5 rings (SSSR count). The van der Waals surface area contributed by atoms with Gasteiger partial charge in [-0.3, -0.25) is 9.55 Å². The lowest BCUT2D eigenvalue weighted by Crippen LogP contribution is -1.97. The largest absolute Gasteiger partial charge is 0.339 e. The fraction of sp³-hybridized carbons (Fsp3) is 0.130. The van der Waals surface area contributed by atoms with Crippen LogP contribution in [-0.2, 0) is 6.42 Å². The molecule has 3 aromatic heterocycles. The van der Waals surface area contributed by atoms with Crippen LogP contribution in [0.3, 0.4) is 0 Å². The van der Waals surface area contributed by atoms with E-state index >= 15 is 0 Å². The molecule has 6 nitrogen and oxygen atoms in total. The van der Waals surface area contributed by atoms with E-state index in [1.54, 1.807) is 24.2 Å². The van der Waals surface area contributed by atoms with Crippen molar-refractivity contribution in [3.05, 3.63) is 85.0 Å². The number of aryl methyl sites for hydroxylation is 1. The highest BCUT2D eigenvalue weighted by molar-refractivity contribution is 7.99. The summed E-state index contributed by atoms with van der Waals surface area (Å²) in [6.45, 7) is 0. The predicted octanol–water partition coefficient (Wildman–Crippen LogP) is 5.20. The summed E-state index contributed by atoms with van der Waals surface area (Å²) in [4.78, 5) is 13.4. The Morgan fingerprint density at radius 1 is 0.867 bits per heavy atom.